The molecule has 0 N–H and O–H groups in total. The lowest BCUT2D eigenvalue weighted by Gasteiger charge is -2.18. The van der Waals surface area contributed by atoms with Gasteiger partial charge < -0.3 is 4.90 Å². The van der Waals surface area contributed by atoms with Gasteiger partial charge in [-0.05, 0) is 58.8 Å². The van der Waals surface area contributed by atoms with Crippen molar-refractivity contribution in [2.75, 3.05) is 4.90 Å². The molecule has 1 amide bonds. The fourth-order valence-corrected chi connectivity index (χ4v) is 3.07. The number of halogens is 1. The maximum absolute atomic E-state index is 12.2. The molecule has 0 aromatic heterocycles. The second kappa shape index (κ2) is 4.96. The number of nitrogens with zero attached hydrogens (tertiary/aromatic N) is 1. The van der Waals surface area contributed by atoms with Crippen LogP contribution in [0.2, 0.25) is 0 Å². The topological polar surface area (TPSA) is 20.3 Å². The quantitative estimate of drug-likeness (QED) is 0.746. The number of rotatable bonds is 2. The molecule has 3 heteroatoms. The first-order valence-electron chi connectivity index (χ1n) is 6.28. The third kappa shape index (κ3) is 2.52. The number of hydrogen-bond acceptors (Lipinski definition) is 1. The number of hydrogen-bond donors (Lipinski definition) is 0. The van der Waals surface area contributed by atoms with Gasteiger partial charge in [0.2, 0.25) is 5.91 Å². The summed E-state index contributed by atoms with van der Waals surface area (Å²) in [5.74, 6) is 0.193. The minimum absolute atomic E-state index is 0.193. The summed E-state index contributed by atoms with van der Waals surface area (Å²) in [5, 5.41) is 0. The molecule has 1 aliphatic heterocycles. The van der Waals surface area contributed by atoms with Crippen molar-refractivity contribution in [3.63, 3.8) is 0 Å². The molecule has 1 heterocycles. The van der Waals surface area contributed by atoms with E-state index in [-0.39, 0.29) is 5.91 Å². The van der Waals surface area contributed by atoms with Gasteiger partial charge in [-0.1, -0.05) is 29.8 Å². The molecule has 0 saturated carbocycles. The summed E-state index contributed by atoms with van der Waals surface area (Å²) >= 11 is 2.29. The van der Waals surface area contributed by atoms with Crippen molar-refractivity contribution in [3.05, 3.63) is 62.7 Å². The van der Waals surface area contributed by atoms with Crippen LogP contribution in [0, 0.1) is 10.5 Å². The number of fused-ring (bicyclic) bond motifs is 1. The van der Waals surface area contributed by atoms with Crippen molar-refractivity contribution in [2.45, 2.75) is 19.9 Å². The van der Waals surface area contributed by atoms with E-state index < -0.39 is 0 Å². The Hall–Kier alpha value is -1.36. The van der Waals surface area contributed by atoms with Crippen LogP contribution < -0.4 is 4.90 Å². The van der Waals surface area contributed by atoms with E-state index in [2.05, 4.69) is 65.9 Å². The number of aryl methyl sites for hydroxylation is 1. The Balaban J connectivity index is 1.92. The Morgan fingerprint density at radius 3 is 2.84 bits per heavy atom. The minimum Gasteiger partial charge on any atom is -0.307 e. The van der Waals surface area contributed by atoms with Crippen molar-refractivity contribution >= 4 is 34.2 Å². The number of anilines is 1. The number of carbonyl (C=O) groups is 1. The largest absolute Gasteiger partial charge is 0.307 e. The Bertz CT molecular complexity index is 651. The van der Waals surface area contributed by atoms with Crippen LogP contribution in [0.15, 0.2) is 42.5 Å². The Labute approximate surface area is 126 Å². The predicted molar refractivity (Wildman–Crippen MR) is 85.2 cm³/mol. The van der Waals surface area contributed by atoms with E-state index in [0.717, 1.165) is 11.3 Å². The molecule has 2 aromatic carbocycles. The molecule has 19 heavy (non-hydrogen) atoms. The highest BCUT2D eigenvalue weighted by atomic mass is 127. The Morgan fingerprint density at radius 1 is 1.21 bits per heavy atom. The van der Waals surface area contributed by atoms with Crippen molar-refractivity contribution in [1.29, 1.82) is 0 Å². The van der Waals surface area contributed by atoms with E-state index in [4.69, 9.17) is 0 Å². The van der Waals surface area contributed by atoms with Gasteiger partial charge in [0.25, 0.3) is 0 Å². The molecule has 0 bridgehead atoms. The molecule has 96 valence electrons. The molecule has 3 rings (SSSR count). The average molecular weight is 363 g/mol. The van der Waals surface area contributed by atoms with Gasteiger partial charge in [-0.3, -0.25) is 4.79 Å². The van der Waals surface area contributed by atoms with Crippen molar-refractivity contribution < 1.29 is 4.79 Å². The SMILES string of the molecule is Cc1cccc(CN2C(=O)Cc3cc(I)ccc32)c1. The molecule has 0 atom stereocenters. The van der Waals surface area contributed by atoms with Crippen LogP contribution in [0.5, 0.6) is 0 Å². The third-order valence-corrected chi connectivity index (χ3v) is 4.07. The van der Waals surface area contributed by atoms with Crippen molar-refractivity contribution in [1.82, 2.24) is 0 Å². The summed E-state index contributed by atoms with van der Waals surface area (Å²) < 4.78 is 1.18. The predicted octanol–water partition coefficient (Wildman–Crippen LogP) is 3.69. The molecule has 0 saturated heterocycles. The highest BCUT2D eigenvalue weighted by Gasteiger charge is 2.27. The van der Waals surface area contributed by atoms with Crippen LogP contribution in [0.25, 0.3) is 0 Å². The summed E-state index contributed by atoms with van der Waals surface area (Å²) in [4.78, 5) is 14.0. The van der Waals surface area contributed by atoms with Gasteiger partial charge in [0.15, 0.2) is 0 Å². The lowest BCUT2D eigenvalue weighted by atomic mass is 10.1. The number of carbonyl (C=O) groups excluding carboxylic acids is 1. The van der Waals surface area contributed by atoms with Gasteiger partial charge in [0, 0.05) is 9.26 Å². The summed E-state index contributed by atoms with van der Waals surface area (Å²) in [6.45, 7) is 2.74. The zero-order valence-corrected chi connectivity index (χ0v) is 12.8. The normalized spacial score (nSPS) is 13.8. The van der Waals surface area contributed by atoms with Gasteiger partial charge >= 0.3 is 0 Å². The fourth-order valence-electron chi connectivity index (χ4n) is 2.52. The third-order valence-electron chi connectivity index (χ3n) is 3.40. The van der Waals surface area contributed by atoms with E-state index in [0.29, 0.717) is 13.0 Å². The molecule has 2 nitrogen and oxygen atoms in total. The van der Waals surface area contributed by atoms with Gasteiger partial charge in [-0.2, -0.15) is 0 Å². The van der Waals surface area contributed by atoms with E-state index in [1.54, 1.807) is 0 Å². The highest BCUT2D eigenvalue weighted by Crippen LogP contribution is 2.31. The molecular formula is C16H14INO. The zero-order valence-electron chi connectivity index (χ0n) is 10.7. The first-order valence-corrected chi connectivity index (χ1v) is 7.36. The monoisotopic (exact) mass is 363 g/mol. The first kappa shape index (κ1) is 12.7. The van der Waals surface area contributed by atoms with Gasteiger partial charge in [0.05, 0.1) is 13.0 Å². The van der Waals surface area contributed by atoms with E-state index in [1.165, 1.54) is 14.7 Å². The second-order valence-corrected chi connectivity index (χ2v) is 6.16. The van der Waals surface area contributed by atoms with Crippen LogP contribution in [0.3, 0.4) is 0 Å². The summed E-state index contributed by atoms with van der Waals surface area (Å²) in [7, 11) is 0. The van der Waals surface area contributed by atoms with Crippen LogP contribution in [0.4, 0.5) is 5.69 Å². The lowest BCUT2D eigenvalue weighted by Crippen LogP contribution is -2.25. The number of benzene rings is 2. The van der Waals surface area contributed by atoms with Crippen LogP contribution in [0.1, 0.15) is 16.7 Å². The maximum atomic E-state index is 12.2. The van der Waals surface area contributed by atoms with Crippen LogP contribution in [-0.2, 0) is 17.8 Å². The molecule has 0 spiro atoms. The van der Waals surface area contributed by atoms with Gasteiger partial charge in [-0.25, -0.2) is 0 Å². The lowest BCUT2D eigenvalue weighted by molar-refractivity contribution is -0.117. The van der Waals surface area contributed by atoms with Crippen molar-refractivity contribution in [3.8, 4) is 0 Å². The van der Waals surface area contributed by atoms with Crippen LogP contribution in [-0.4, -0.2) is 5.91 Å². The molecule has 0 radical (unpaired) electrons. The maximum Gasteiger partial charge on any atom is 0.231 e. The fraction of sp³-hybridized carbons (Fsp3) is 0.188. The molecule has 0 aliphatic carbocycles. The van der Waals surface area contributed by atoms with E-state index >= 15 is 0 Å². The standard InChI is InChI=1S/C16H14INO/c1-11-3-2-4-12(7-11)10-18-15-6-5-14(17)8-13(15)9-16(18)19/h2-8H,9-10H2,1H3. The summed E-state index contributed by atoms with van der Waals surface area (Å²) in [6.07, 6.45) is 0.526. The molecule has 0 fully saturated rings. The highest BCUT2D eigenvalue weighted by molar-refractivity contribution is 14.1. The molecular weight excluding hydrogens is 349 g/mol. The first-order chi connectivity index (χ1) is 9.13. The summed E-state index contributed by atoms with van der Waals surface area (Å²) in [6, 6.07) is 14.5. The smallest absolute Gasteiger partial charge is 0.231 e. The second-order valence-electron chi connectivity index (χ2n) is 4.92. The Kier molecular flexibility index (Phi) is 3.31. The average Bonchev–Trinajstić information content (AvgIpc) is 2.65. The molecule has 0 unspecified atom stereocenters. The zero-order chi connectivity index (χ0) is 13.4. The summed E-state index contributed by atoms with van der Waals surface area (Å²) in [5.41, 5.74) is 4.61. The van der Waals surface area contributed by atoms with Crippen molar-refractivity contribution in [2.24, 2.45) is 0 Å². The van der Waals surface area contributed by atoms with E-state index in [1.807, 2.05) is 11.0 Å². The number of amides is 1. The van der Waals surface area contributed by atoms with Gasteiger partial charge in [0.1, 0.15) is 0 Å². The Morgan fingerprint density at radius 2 is 2.05 bits per heavy atom. The molecule has 2 aromatic rings. The van der Waals surface area contributed by atoms with E-state index in [9.17, 15) is 4.79 Å². The minimum atomic E-state index is 0.193. The van der Waals surface area contributed by atoms with Gasteiger partial charge in [-0.15, -0.1) is 0 Å². The molecule has 1 aliphatic rings. The van der Waals surface area contributed by atoms with Crippen LogP contribution >= 0.6 is 22.6 Å².